The van der Waals surface area contributed by atoms with Crippen LogP contribution in [0.25, 0.3) is 50.1 Å². The standard InChI is InChI=1S/C69H72N4O/c1-45(2)49-36-58(46(3)4)65(59(37-49)47(5)6)48-34-35-70-64(38-48)73-61-33-21-20-32-57(61)66-60(68(10,11)50-24-16-14-17-25-50)41-56(42-62(66)73)74-55-31-23-29-53(40-55)71-43-63(69(12,13)51-26-18-15-19-27-51)72(44-71)54-30-22-28-52(39-54)67(7,8)9/h14-43,45-47H,1-13H3. The molecule has 0 unspecified atom stereocenters. The number of para-hydroxylation sites is 1. The number of rotatable bonds is 13. The van der Waals surface area contributed by atoms with Gasteiger partial charge in [-0.3, -0.25) is 13.7 Å². The van der Waals surface area contributed by atoms with E-state index in [0.29, 0.717) is 17.8 Å². The first-order valence-electron chi connectivity index (χ1n) is 26.6. The maximum absolute atomic E-state index is 7.16. The molecule has 10 aromatic rings. The highest BCUT2D eigenvalue weighted by Gasteiger charge is 2.31. The molecule has 0 bridgehead atoms. The van der Waals surface area contributed by atoms with Crippen molar-refractivity contribution in [1.29, 1.82) is 0 Å². The maximum Gasteiger partial charge on any atom is 0.269 e. The van der Waals surface area contributed by atoms with Gasteiger partial charge in [0.05, 0.1) is 28.1 Å². The maximum atomic E-state index is 7.16. The Balaban J connectivity index is 1.15. The summed E-state index contributed by atoms with van der Waals surface area (Å²) in [6, 6.07) is 61.5. The van der Waals surface area contributed by atoms with Crippen LogP contribution in [0.3, 0.4) is 0 Å². The van der Waals surface area contributed by atoms with Crippen LogP contribution >= 0.6 is 0 Å². The number of pyridine rings is 1. The van der Waals surface area contributed by atoms with Crippen molar-refractivity contribution in [2.24, 2.45) is 0 Å². The van der Waals surface area contributed by atoms with Gasteiger partial charge in [0.15, 0.2) is 0 Å². The molecule has 0 spiro atoms. The molecule has 0 fully saturated rings. The van der Waals surface area contributed by atoms with E-state index in [1.165, 1.54) is 60.8 Å². The van der Waals surface area contributed by atoms with Gasteiger partial charge < -0.3 is 4.74 Å². The van der Waals surface area contributed by atoms with Crippen LogP contribution in [0.4, 0.5) is 0 Å². The number of hydrogen-bond donors (Lipinski definition) is 0. The summed E-state index contributed by atoms with van der Waals surface area (Å²) < 4.78 is 13.9. The SMILES string of the molecule is CC(C)c1cc(C(C)C)c(-c2ccnc(-n3c4ccccc4c4c(C(C)(C)c5ccccc5)cc(Oc5cccc(-n6[c-][n+](-c7cccc(C(C)(C)C)c7)c(C(C)(C)c7ccccc7)c6)c5)cc43)c2)c(C(C)C)c1. The van der Waals surface area contributed by atoms with Gasteiger partial charge in [-0.15, -0.1) is 0 Å². The van der Waals surface area contributed by atoms with Crippen molar-refractivity contribution in [2.75, 3.05) is 0 Å². The molecule has 10 rings (SSSR count). The third kappa shape index (κ3) is 9.27. The van der Waals surface area contributed by atoms with Crippen LogP contribution in [-0.4, -0.2) is 14.1 Å². The van der Waals surface area contributed by atoms with Crippen molar-refractivity contribution in [1.82, 2.24) is 14.1 Å². The summed E-state index contributed by atoms with van der Waals surface area (Å²) in [4.78, 5) is 5.21. The molecule has 3 aromatic heterocycles. The number of imidazole rings is 1. The molecule has 0 N–H and O–H groups in total. The fourth-order valence-electron chi connectivity index (χ4n) is 11.0. The quantitative estimate of drug-likeness (QED) is 0.0852. The summed E-state index contributed by atoms with van der Waals surface area (Å²) in [5.41, 5.74) is 16.1. The van der Waals surface area contributed by atoms with Gasteiger partial charge in [-0.05, 0) is 128 Å². The van der Waals surface area contributed by atoms with Crippen LogP contribution < -0.4 is 9.30 Å². The van der Waals surface area contributed by atoms with Gasteiger partial charge in [0.25, 0.3) is 6.33 Å². The average Bonchev–Trinajstić information content (AvgIpc) is 4.01. The molecule has 0 amide bonds. The Hall–Kier alpha value is -7.50. The predicted octanol–water partition coefficient (Wildman–Crippen LogP) is 17.8. The first-order valence-corrected chi connectivity index (χ1v) is 26.6. The van der Waals surface area contributed by atoms with E-state index in [2.05, 4.69) is 286 Å². The molecule has 0 saturated carbocycles. The van der Waals surface area contributed by atoms with E-state index in [-0.39, 0.29) is 10.8 Å². The Labute approximate surface area is 440 Å². The number of benzene rings is 7. The van der Waals surface area contributed by atoms with Crippen LogP contribution in [-0.2, 0) is 16.2 Å². The Kier molecular flexibility index (Phi) is 13.1. The summed E-state index contributed by atoms with van der Waals surface area (Å²) in [6.07, 6.45) is 8.01. The second-order valence-corrected chi connectivity index (χ2v) is 23.4. The number of aromatic nitrogens is 4. The molecule has 0 aliphatic carbocycles. The molecule has 0 radical (unpaired) electrons. The fraction of sp³-hybridized carbons (Fsp3) is 0.275. The monoisotopic (exact) mass is 973 g/mol. The minimum Gasteiger partial charge on any atom is -0.458 e. The van der Waals surface area contributed by atoms with Crippen molar-refractivity contribution in [3.8, 4) is 39.8 Å². The van der Waals surface area contributed by atoms with Gasteiger partial charge >= 0.3 is 0 Å². The number of nitrogens with zero attached hydrogens (tertiary/aromatic N) is 4. The van der Waals surface area contributed by atoms with Gasteiger partial charge in [0.1, 0.15) is 17.3 Å². The van der Waals surface area contributed by atoms with Gasteiger partial charge in [-0.2, -0.15) is 0 Å². The fourth-order valence-corrected chi connectivity index (χ4v) is 11.0. The average molecular weight is 973 g/mol. The Morgan fingerprint density at radius 1 is 0.541 bits per heavy atom. The third-order valence-electron chi connectivity index (χ3n) is 15.4. The van der Waals surface area contributed by atoms with E-state index in [4.69, 9.17) is 9.72 Å². The van der Waals surface area contributed by atoms with E-state index in [9.17, 15) is 0 Å². The smallest absolute Gasteiger partial charge is 0.269 e. The number of ether oxygens (including phenoxy) is 1. The molecule has 374 valence electrons. The molecular weight excluding hydrogens is 901 g/mol. The second-order valence-electron chi connectivity index (χ2n) is 23.4. The molecule has 5 nitrogen and oxygen atoms in total. The van der Waals surface area contributed by atoms with Crippen molar-refractivity contribution in [3.63, 3.8) is 0 Å². The van der Waals surface area contributed by atoms with Crippen LogP contribution in [0.15, 0.2) is 182 Å². The van der Waals surface area contributed by atoms with Gasteiger partial charge in [0, 0.05) is 40.1 Å². The summed E-state index contributed by atoms with van der Waals surface area (Å²) >= 11 is 0. The largest absolute Gasteiger partial charge is 0.458 e. The molecule has 5 heteroatoms. The van der Waals surface area contributed by atoms with Gasteiger partial charge in [-0.25, -0.2) is 4.98 Å². The predicted molar refractivity (Wildman–Crippen MR) is 308 cm³/mol. The summed E-state index contributed by atoms with van der Waals surface area (Å²) in [7, 11) is 0. The second kappa shape index (κ2) is 19.4. The molecule has 74 heavy (non-hydrogen) atoms. The lowest BCUT2D eigenvalue weighted by Crippen LogP contribution is -2.40. The molecular formula is C69H72N4O. The third-order valence-corrected chi connectivity index (χ3v) is 15.4. The number of hydrogen-bond acceptors (Lipinski definition) is 2. The van der Waals surface area contributed by atoms with Crippen molar-refractivity contribution in [3.05, 3.63) is 233 Å². The first kappa shape index (κ1) is 50.1. The summed E-state index contributed by atoms with van der Waals surface area (Å²) in [6.45, 7) is 29.9. The minimum atomic E-state index is -0.401. The topological polar surface area (TPSA) is 35.9 Å². The molecule has 0 aliphatic rings. The summed E-state index contributed by atoms with van der Waals surface area (Å²) in [5, 5.41) is 2.36. The lowest BCUT2D eigenvalue weighted by molar-refractivity contribution is -0.611. The van der Waals surface area contributed by atoms with E-state index < -0.39 is 5.41 Å². The van der Waals surface area contributed by atoms with Crippen LogP contribution in [0.1, 0.15) is 152 Å². The molecule has 0 aliphatic heterocycles. The highest BCUT2D eigenvalue weighted by Crippen LogP contribution is 2.46. The van der Waals surface area contributed by atoms with Gasteiger partial charge in [0.2, 0.25) is 0 Å². The van der Waals surface area contributed by atoms with E-state index in [1.54, 1.807) is 0 Å². The van der Waals surface area contributed by atoms with E-state index >= 15 is 0 Å². The normalized spacial score (nSPS) is 12.5. The molecule has 0 atom stereocenters. The van der Waals surface area contributed by atoms with Crippen LogP contribution in [0.5, 0.6) is 11.5 Å². The summed E-state index contributed by atoms with van der Waals surface area (Å²) in [5.74, 6) is 3.47. The number of fused-ring (bicyclic) bond motifs is 3. The van der Waals surface area contributed by atoms with E-state index in [0.717, 1.165) is 45.4 Å². The van der Waals surface area contributed by atoms with E-state index in [1.807, 2.05) is 6.20 Å². The Morgan fingerprint density at radius 2 is 1.16 bits per heavy atom. The van der Waals surface area contributed by atoms with Crippen molar-refractivity contribution >= 4 is 21.8 Å². The lowest BCUT2D eigenvalue weighted by Gasteiger charge is -2.28. The van der Waals surface area contributed by atoms with Gasteiger partial charge in [-0.1, -0.05) is 199 Å². The molecule has 0 saturated heterocycles. The van der Waals surface area contributed by atoms with Crippen molar-refractivity contribution < 1.29 is 9.30 Å². The Bertz CT molecular complexity index is 3630. The molecule has 7 aromatic carbocycles. The zero-order chi connectivity index (χ0) is 52.3. The zero-order valence-corrected chi connectivity index (χ0v) is 45.7. The van der Waals surface area contributed by atoms with Crippen LogP contribution in [0.2, 0.25) is 0 Å². The van der Waals surface area contributed by atoms with Crippen LogP contribution in [0, 0.1) is 6.33 Å². The van der Waals surface area contributed by atoms with Crippen molar-refractivity contribution in [2.45, 2.75) is 124 Å². The highest BCUT2D eigenvalue weighted by atomic mass is 16.5. The highest BCUT2D eigenvalue weighted by molar-refractivity contribution is 6.12. The first-order chi connectivity index (χ1) is 35.3. The zero-order valence-electron chi connectivity index (χ0n) is 45.7. The molecule has 3 heterocycles. The lowest BCUT2D eigenvalue weighted by atomic mass is 9.76. The minimum absolute atomic E-state index is 0.0108. The Morgan fingerprint density at radius 3 is 1.81 bits per heavy atom.